The van der Waals surface area contributed by atoms with Crippen molar-refractivity contribution in [2.75, 3.05) is 66.6 Å². The Hall–Kier alpha value is -1.34. The summed E-state index contributed by atoms with van der Waals surface area (Å²) in [7, 11) is 3.51. The van der Waals surface area contributed by atoms with Crippen LogP contribution in [0.15, 0.2) is 4.99 Å². The van der Waals surface area contributed by atoms with Gasteiger partial charge in [0.25, 0.3) is 0 Å². The van der Waals surface area contributed by atoms with Crippen LogP contribution in [0, 0.1) is 5.92 Å². The van der Waals surface area contributed by atoms with Crippen molar-refractivity contribution in [3.8, 4) is 0 Å². The number of ether oxygens (including phenoxy) is 1. The zero-order chi connectivity index (χ0) is 17.9. The van der Waals surface area contributed by atoms with Crippen molar-refractivity contribution in [2.45, 2.75) is 32.1 Å². The first kappa shape index (κ1) is 20.0. The van der Waals surface area contributed by atoms with Gasteiger partial charge in [-0.1, -0.05) is 12.8 Å². The third-order valence-corrected chi connectivity index (χ3v) is 5.15. The van der Waals surface area contributed by atoms with Crippen molar-refractivity contribution >= 4 is 11.9 Å². The van der Waals surface area contributed by atoms with E-state index in [4.69, 9.17) is 4.74 Å². The lowest BCUT2D eigenvalue weighted by Gasteiger charge is -2.36. The molecule has 0 atom stereocenters. The molecule has 25 heavy (non-hydrogen) atoms. The zero-order valence-corrected chi connectivity index (χ0v) is 15.9. The second kappa shape index (κ2) is 11.3. The molecule has 0 spiro atoms. The van der Waals surface area contributed by atoms with Gasteiger partial charge in [-0.3, -0.25) is 14.7 Å². The number of hydrogen-bond acceptors (Lipinski definition) is 4. The van der Waals surface area contributed by atoms with Gasteiger partial charge in [0.15, 0.2) is 5.96 Å². The van der Waals surface area contributed by atoms with Crippen LogP contribution in [-0.4, -0.2) is 88.2 Å². The summed E-state index contributed by atoms with van der Waals surface area (Å²) in [4.78, 5) is 21.2. The van der Waals surface area contributed by atoms with E-state index in [1.54, 1.807) is 14.2 Å². The molecule has 144 valence electrons. The Balaban J connectivity index is 1.57. The molecule has 1 aliphatic heterocycles. The zero-order valence-electron chi connectivity index (χ0n) is 15.9. The highest BCUT2D eigenvalue weighted by atomic mass is 16.5. The van der Waals surface area contributed by atoms with E-state index in [9.17, 15) is 4.79 Å². The maximum atomic E-state index is 12.5. The van der Waals surface area contributed by atoms with Gasteiger partial charge in [-0.05, 0) is 19.3 Å². The van der Waals surface area contributed by atoms with Crippen LogP contribution >= 0.6 is 0 Å². The largest absolute Gasteiger partial charge is 0.385 e. The van der Waals surface area contributed by atoms with Crippen molar-refractivity contribution in [1.82, 2.24) is 20.4 Å². The number of piperazine rings is 1. The number of amides is 1. The number of carbonyl (C=O) groups excluding carboxylic acids is 1. The normalized spacial score (nSPS) is 20.1. The molecule has 0 aromatic heterocycles. The van der Waals surface area contributed by atoms with Gasteiger partial charge in [0, 0.05) is 72.5 Å². The van der Waals surface area contributed by atoms with Crippen molar-refractivity contribution in [1.29, 1.82) is 0 Å². The van der Waals surface area contributed by atoms with Crippen molar-refractivity contribution in [3.05, 3.63) is 0 Å². The summed E-state index contributed by atoms with van der Waals surface area (Å²) in [5, 5.41) is 6.63. The summed E-state index contributed by atoms with van der Waals surface area (Å²) in [5.74, 6) is 1.54. The Morgan fingerprint density at radius 1 is 1.12 bits per heavy atom. The topological polar surface area (TPSA) is 69.2 Å². The summed E-state index contributed by atoms with van der Waals surface area (Å²) in [6.07, 6.45) is 5.61. The Kier molecular flexibility index (Phi) is 9.04. The standard InChI is InChI=1S/C18H35N5O2/c1-19-18(20-8-5-15-25-2)21-9-10-22-11-13-23(14-12-22)17(24)16-6-3-4-7-16/h16H,3-15H2,1-2H3,(H2,19,20,21). The van der Waals surface area contributed by atoms with Gasteiger partial charge in [0.05, 0.1) is 0 Å². The molecule has 0 bridgehead atoms. The number of methoxy groups -OCH3 is 1. The van der Waals surface area contributed by atoms with E-state index in [1.807, 2.05) is 0 Å². The van der Waals surface area contributed by atoms with Crippen LogP contribution in [0.5, 0.6) is 0 Å². The second-order valence-electron chi connectivity index (χ2n) is 6.92. The van der Waals surface area contributed by atoms with E-state index < -0.39 is 0 Å². The fraction of sp³-hybridized carbons (Fsp3) is 0.889. The fourth-order valence-corrected chi connectivity index (χ4v) is 3.60. The van der Waals surface area contributed by atoms with E-state index >= 15 is 0 Å². The SMILES string of the molecule is CN=C(NCCCOC)NCCN1CCN(C(=O)C2CCCC2)CC1. The van der Waals surface area contributed by atoms with E-state index in [-0.39, 0.29) is 0 Å². The van der Waals surface area contributed by atoms with Crippen molar-refractivity contribution in [3.63, 3.8) is 0 Å². The molecule has 0 aromatic rings. The minimum absolute atomic E-state index is 0.306. The van der Waals surface area contributed by atoms with Gasteiger partial charge < -0.3 is 20.3 Å². The van der Waals surface area contributed by atoms with Crippen LogP contribution in [-0.2, 0) is 9.53 Å². The van der Waals surface area contributed by atoms with Crippen LogP contribution in [0.25, 0.3) is 0 Å². The maximum Gasteiger partial charge on any atom is 0.225 e. The highest BCUT2D eigenvalue weighted by molar-refractivity contribution is 5.79. The molecule has 2 aliphatic rings. The lowest BCUT2D eigenvalue weighted by atomic mass is 10.1. The molecule has 1 saturated carbocycles. The quantitative estimate of drug-likeness (QED) is 0.378. The van der Waals surface area contributed by atoms with Gasteiger partial charge in [0.1, 0.15) is 0 Å². The number of nitrogens with zero attached hydrogens (tertiary/aromatic N) is 3. The summed E-state index contributed by atoms with van der Waals surface area (Å²) in [6.45, 7) is 7.15. The predicted molar refractivity (Wildman–Crippen MR) is 101 cm³/mol. The van der Waals surface area contributed by atoms with Crippen LogP contribution in [0.1, 0.15) is 32.1 Å². The second-order valence-corrected chi connectivity index (χ2v) is 6.92. The van der Waals surface area contributed by atoms with Crippen LogP contribution < -0.4 is 10.6 Å². The minimum atomic E-state index is 0.306. The monoisotopic (exact) mass is 353 g/mol. The number of nitrogens with one attached hydrogen (secondary N) is 2. The first-order valence-corrected chi connectivity index (χ1v) is 9.69. The lowest BCUT2D eigenvalue weighted by molar-refractivity contribution is -0.137. The molecule has 7 nitrogen and oxygen atoms in total. The van der Waals surface area contributed by atoms with E-state index in [0.717, 1.165) is 77.6 Å². The number of carbonyl (C=O) groups is 1. The molecular weight excluding hydrogens is 318 g/mol. The first-order valence-electron chi connectivity index (χ1n) is 9.69. The van der Waals surface area contributed by atoms with Gasteiger partial charge in [-0.2, -0.15) is 0 Å². The Morgan fingerprint density at radius 3 is 2.44 bits per heavy atom. The van der Waals surface area contributed by atoms with Crippen LogP contribution in [0.3, 0.4) is 0 Å². The fourth-order valence-electron chi connectivity index (χ4n) is 3.60. The number of guanidine groups is 1. The molecule has 1 aliphatic carbocycles. The van der Waals surface area contributed by atoms with E-state index in [0.29, 0.717) is 11.8 Å². The molecule has 1 heterocycles. The first-order chi connectivity index (χ1) is 12.2. The molecule has 1 saturated heterocycles. The predicted octanol–water partition coefficient (Wildman–Crippen LogP) is 0.522. The van der Waals surface area contributed by atoms with E-state index in [2.05, 4.69) is 25.4 Å². The molecule has 2 fully saturated rings. The van der Waals surface area contributed by atoms with Crippen molar-refractivity contribution in [2.24, 2.45) is 10.9 Å². The van der Waals surface area contributed by atoms with Gasteiger partial charge in [0.2, 0.25) is 5.91 Å². The van der Waals surface area contributed by atoms with Gasteiger partial charge in [-0.25, -0.2) is 0 Å². The molecule has 1 amide bonds. The summed E-state index contributed by atoms with van der Waals surface area (Å²) in [5.41, 5.74) is 0. The Morgan fingerprint density at radius 2 is 1.80 bits per heavy atom. The molecule has 0 unspecified atom stereocenters. The summed E-state index contributed by atoms with van der Waals surface area (Å²) >= 11 is 0. The van der Waals surface area contributed by atoms with Gasteiger partial charge >= 0.3 is 0 Å². The third kappa shape index (κ3) is 6.82. The molecule has 2 N–H and O–H groups in total. The highest BCUT2D eigenvalue weighted by Gasteiger charge is 2.29. The molecule has 0 aromatic carbocycles. The van der Waals surface area contributed by atoms with Gasteiger partial charge in [-0.15, -0.1) is 0 Å². The third-order valence-electron chi connectivity index (χ3n) is 5.15. The average Bonchev–Trinajstić information content (AvgIpc) is 3.18. The minimum Gasteiger partial charge on any atom is -0.385 e. The Bertz CT molecular complexity index is 416. The van der Waals surface area contributed by atoms with E-state index in [1.165, 1.54) is 12.8 Å². The summed E-state index contributed by atoms with van der Waals surface area (Å²) < 4.78 is 5.04. The molecule has 2 rings (SSSR count). The number of rotatable bonds is 8. The lowest BCUT2D eigenvalue weighted by Crippen LogP contribution is -2.51. The number of hydrogen-bond donors (Lipinski definition) is 2. The highest BCUT2D eigenvalue weighted by Crippen LogP contribution is 2.26. The average molecular weight is 354 g/mol. The van der Waals surface area contributed by atoms with Crippen LogP contribution in [0.4, 0.5) is 0 Å². The molecular formula is C18H35N5O2. The Labute approximate surface area is 152 Å². The number of aliphatic imine (C=N–C) groups is 1. The summed E-state index contributed by atoms with van der Waals surface area (Å²) in [6, 6.07) is 0. The molecule has 7 heteroatoms. The van der Waals surface area contributed by atoms with Crippen molar-refractivity contribution < 1.29 is 9.53 Å². The van der Waals surface area contributed by atoms with Crippen LogP contribution in [0.2, 0.25) is 0 Å². The maximum absolute atomic E-state index is 12.5. The smallest absolute Gasteiger partial charge is 0.225 e. The molecule has 0 radical (unpaired) electrons.